The summed E-state index contributed by atoms with van der Waals surface area (Å²) in [4.78, 5) is 37.9. The first-order chi connectivity index (χ1) is 15.1. The Morgan fingerprint density at radius 1 is 1.09 bits per heavy atom. The number of hydrogen-bond donors (Lipinski definition) is 3. The smallest absolute Gasteiger partial charge is 0.408 e. The van der Waals surface area contributed by atoms with Gasteiger partial charge < -0.3 is 25.2 Å². The summed E-state index contributed by atoms with van der Waals surface area (Å²) in [5, 5.41) is 21.8. The fourth-order valence-electron chi connectivity index (χ4n) is 4.48. The van der Waals surface area contributed by atoms with Gasteiger partial charge in [0.15, 0.2) is 5.60 Å². The van der Waals surface area contributed by atoms with Gasteiger partial charge in [-0.2, -0.15) is 0 Å². The Morgan fingerprint density at radius 2 is 1.66 bits per heavy atom. The van der Waals surface area contributed by atoms with E-state index in [4.69, 9.17) is 9.84 Å². The monoisotopic (exact) mass is 438 g/mol. The molecule has 168 valence electrons. The third-order valence-electron chi connectivity index (χ3n) is 6.23. The maximum absolute atomic E-state index is 12.9. The molecule has 0 radical (unpaired) electrons. The van der Waals surface area contributed by atoms with Crippen molar-refractivity contribution in [2.75, 3.05) is 19.7 Å². The Hall–Kier alpha value is -3.39. The van der Waals surface area contributed by atoms with Crippen molar-refractivity contribution in [2.45, 2.75) is 37.3 Å². The number of β-amino-alcohol motifs (C(OH)–C–C–N with tert-alkyl or cyclic N) is 1. The largest absolute Gasteiger partial charge is 0.479 e. The summed E-state index contributed by atoms with van der Waals surface area (Å²) >= 11 is 0. The number of carboxylic acid groups (broad SMARTS) is 1. The van der Waals surface area contributed by atoms with Crippen LogP contribution >= 0.6 is 0 Å². The fraction of sp³-hybridized carbons (Fsp3) is 0.375. The van der Waals surface area contributed by atoms with Gasteiger partial charge in [0.25, 0.3) is 0 Å². The fourth-order valence-corrected chi connectivity index (χ4v) is 4.48. The Kier molecular flexibility index (Phi) is 5.42. The number of benzene rings is 2. The zero-order chi connectivity index (χ0) is 23.1. The number of fused-ring (bicyclic) bond motifs is 3. The third-order valence-corrected chi connectivity index (χ3v) is 6.23. The van der Waals surface area contributed by atoms with E-state index >= 15 is 0 Å². The molecule has 3 N–H and O–H groups in total. The van der Waals surface area contributed by atoms with Crippen LogP contribution in [-0.4, -0.2) is 63.9 Å². The lowest BCUT2D eigenvalue weighted by Gasteiger charge is -2.30. The number of carboxylic acids is 1. The number of hydrogen-bond acceptors (Lipinski definition) is 5. The van der Waals surface area contributed by atoms with E-state index in [0.717, 1.165) is 22.3 Å². The van der Waals surface area contributed by atoms with Crippen molar-refractivity contribution >= 4 is 18.0 Å². The van der Waals surface area contributed by atoms with Gasteiger partial charge in [-0.15, -0.1) is 0 Å². The molecule has 1 aliphatic heterocycles. The van der Waals surface area contributed by atoms with Crippen molar-refractivity contribution < 1.29 is 29.3 Å². The normalized spacial score (nSPS) is 19.9. The minimum absolute atomic E-state index is 0.0604. The van der Waals surface area contributed by atoms with E-state index in [0.29, 0.717) is 0 Å². The Labute approximate surface area is 185 Å². The van der Waals surface area contributed by atoms with Crippen LogP contribution in [0.4, 0.5) is 4.79 Å². The van der Waals surface area contributed by atoms with Gasteiger partial charge in [-0.05, 0) is 36.1 Å². The van der Waals surface area contributed by atoms with E-state index in [-0.39, 0.29) is 32.0 Å². The summed E-state index contributed by atoms with van der Waals surface area (Å²) in [6.07, 6.45) is -0.798. The van der Waals surface area contributed by atoms with Crippen LogP contribution in [0.25, 0.3) is 11.1 Å². The number of ether oxygens (including phenoxy) is 1. The molecule has 0 spiro atoms. The highest BCUT2D eigenvalue weighted by molar-refractivity contribution is 5.90. The molecule has 4 rings (SSSR count). The quantitative estimate of drug-likeness (QED) is 0.660. The first-order valence-electron chi connectivity index (χ1n) is 10.5. The molecule has 32 heavy (non-hydrogen) atoms. The highest BCUT2D eigenvalue weighted by Gasteiger charge is 2.47. The number of nitrogens with zero attached hydrogens (tertiary/aromatic N) is 1. The molecule has 2 aliphatic rings. The highest BCUT2D eigenvalue weighted by atomic mass is 16.5. The van der Waals surface area contributed by atoms with Crippen LogP contribution in [0.2, 0.25) is 0 Å². The second-order valence-electron chi connectivity index (χ2n) is 8.89. The molecule has 1 saturated heterocycles. The average Bonchev–Trinajstić information content (AvgIpc) is 3.31. The summed E-state index contributed by atoms with van der Waals surface area (Å²) in [7, 11) is 0. The number of likely N-dealkylation sites (tertiary alicyclic amines) is 1. The summed E-state index contributed by atoms with van der Waals surface area (Å²) < 4.78 is 5.50. The molecular weight excluding hydrogens is 412 g/mol. The van der Waals surface area contributed by atoms with E-state index in [1.54, 1.807) is 0 Å². The topological polar surface area (TPSA) is 116 Å². The van der Waals surface area contributed by atoms with Crippen molar-refractivity contribution in [3.05, 3.63) is 59.7 Å². The van der Waals surface area contributed by atoms with Crippen LogP contribution in [0, 0.1) is 0 Å². The molecule has 2 aromatic carbocycles. The Bertz CT molecular complexity index is 1040. The van der Waals surface area contributed by atoms with E-state index in [1.165, 1.54) is 18.7 Å². The zero-order valence-corrected chi connectivity index (χ0v) is 18.0. The van der Waals surface area contributed by atoms with Crippen LogP contribution < -0.4 is 5.32 Å². The van der Waals surface area contributed by atoms with Crippen LogP contribution in [0.15, 0.2) is 48.5 Å². The maximum Gasteiger partial charge on any atom is 0.408 e. The van der Waals surface area contributed by atoms with E-state index < -0.39 is 29.1 Å². The summed E-state index contributed by atoms with van der Waals surface area (Å²) in [6, 6.07) is 16.0. The molecule has 8 heteroatoms. The summed E-state index contributed by atoms with van der Waals surface area (Å²) in [5.74, 6) is -1.95. The van der Waals surface area contributed by atoms with Gasteiger partial charge in [0.05, 0.1) is 6.54 Å². The molecule has 8 nitrogen and oxygen atoms in total. The number of carbonyl (C=O) groups is 3. The second-order valence-corrected chi connectivity index (χ2v) is 8.89. The number of amides is 2. The molecule has 0 bridgehead atoms. The summed E-state index contributed by atoms with van der Waals surface area (Å²) in [5.41, 5.74) is 1.12. The maximum atomic E-state index is 12.9. The lowest BCUT2D eigenvalue weighted by atomic mass is 9.98. The minimum atomic E-state index is -1.96. The SMILES string of the molecule is CC(C)(NC(=O)OCC1c2ccccc2-c2ccccc21)C(=O)N1CCC(O)(C(=O)O)C1. The number of aliphatic carboxylic acids is 1. The minimum Gasteiger partial charge on any atom is -0.479 e. The standard InChI is InChI=1S/C24H26N2O6/c1-23(2,20(27)26-12-11-24(31,14-26)21(28)29)25-22(30)32-13-19-17-9-5-3-7-15(17)16-8-4-6-10-18(16)19/h3-10,19,31H,11-14H2,1-2H3,(H,25,30)(H,28,29). The molecule has 1 unspecified atom stereocenters. The van der Waals surface area contributed by atoms with Gasteiger partial charge in [-0.1, -0.05) is 48.5 Å². The van der Waals surface area contributed by atoms with E-state index in [1.807, 2.05) is 48.5 Å². The number of alkyl carbamates (subject to hydrolysis) is 1. The van der Waals surface area contributed by atoms with Crippen LogP contribution in [0.3, 0.4) is 0 Å². The van der Waals surface area contributed by atoms with Crippen molar-refractivity contribution in [3.63, 3.8) is 0 Å². The van der Waals surface area contributed by atoms with Gasteiger partial charge >= 0.3 is 12.1 Å². The lowest BCUT2D eigenvalue weighted by molar-refractivity contribution is -0.157. The van der Waals surface area contributed by atoms with Gasteiger partial charge in [0.2, 0.25) is 5.91 Å². The molecule has 1 fully saturated rings. The number of nitrogens with one attached hydrogen (secondary N) is 1. The van der Waals surface area contributed by atoms with Gasteiger partial charge in [-0.25, -0.2) is 9.59 Å². The van der Waals surface area contributed by atoms with Crippen molar-refractivity contribution in [3.8, 4) is 11.1 Å². The summed E-state index contributed by atoms with van der Waals surface area (Å²) in [6.45, 7) is 2.94. The van der Waals surface area contributed by atoms with Crippen molar-refractivity contribution in [1.29, 1.82) is 0 Å². The van der Waals surface area contributed by atoms with Crippen molar-refractivity contribution in [1.82, 2.24) is 10.2 Å². The van der Waals surface area contributed by atoms with Crippen LogP contribution in [0.1, 0.15) is 37.3 Å². The third kappa shape index (κ3) is 3.82. The first-order valence-corrected chi connectivity index (χ1v) is 10.5. The van der Waals surface area contributed by atoms with Gasteiger partial charge in [0, 0.05) is 18.9 Å². The Morgan fingerprint density at radius 3 is 2.19 bits per heavy atom. The van der Waals surface area contributed by atoms with Crippen LogP contribution in [-0.2, 0) is 14.3 Å². The predicted octanol–water partition coefficient (Wildman–Crippen LogP) is 2.35. The number of aliphatic hydroxyl groups is 1. The molecule has 0 aromatic heterocycles. The number of carbonyl (C=O) groups excluding carboxylic acids is 2. The van der Waals surface area contributed by atoms with E-state index in [2.05, 4.69) is 5.32 Å². The van der Waals surface area contributed by atoms with Gasteiger partial charge in [0.1, 0.15) is 12.1 Å². The molecule has 2 amide bonds. The Balaban J connectivity index is 1.40. The van der Waals surface area contributed by atoms with Crippen molar-refractivity contribution in [2.24, 2.45) is 0 Å². The molecule has 1 heterocycles. The first kappa shape index (κ1) is 21.8. The zero-order valence-electron chi connectivity index (χ0n) is 18.0. The molecule has 2 aromatic rings. The van der Waals surface area contributed by atoms with E-state index in [9.17, 15) is 19.5 Å². The molecule has 1 aliphatic carbocycles. The predicted molar refractivity (Wildman–Crippen MR) is 116 cm³/mol. The van der Waals surface area contributed by atoms with Gasteiger partial charge in [-0.3, -0.25) is 4.79 Å². The lowest BCUT2D eigenvalue weighted by Crippen LogP contribution is -2.56. The second kappa shape index (κ2) is 7.94. The average molecular weight is 438 g/mol. The molecule has 1 atom stereocenters. The molecule has 0 saturated carbocycles. The molecular formula is C24H26N2O6. The highest BCUT2D eigenvalue weighted by Crippen LogP contribution is 2.44. The van der Waals surface area contributed by atoms with Crippen LogP contribution in [0.5, 0.6) is 0 Å². The number of rotatable bonds is 5.